The first-order chi connectivity index (χ1) is 15.2. The molecule has 1 aromatic carbocycles. The molecule has 0 radical (unpaired) electrons. The second-order valence-electron chi connectivity index (χ2n) is 6.70. The SMILES string of the molecule is Cc1c(Cl)cccc1NC(=O)C(C)Sc1nc(N)c(C#N)c(-c2c(=O)o[nH][n+]2C)c1C#N. The molecule has 0 aliphatic rings. The van der Waals surface area contributed by atoms with E-state index in [2.05, 4.69) is 15.6 Å². The van der Waals surface area contributed by atoms with E-state index in [-0.39, 0.29) is 39.1 Å². The van der Waals surface area contributed by atoms with Crippen LogP contribution in [0.2, 0.25) is 5.02 Å². The van der Waals surface area contributed by atoms with Gasteiger partial charge in [0.05, 0.1) is 10.8 Å². The van der Waals surface area contributed by atoms with Crippen LogP contribution in [0.5, 0.6) is 0 Å². The minimum Gasteiger partial charge on any atom is -0.383 e. The van der Waals surface area contributed by atoms with Gasteiger partial charge in [-0.15, -0.1) is 0 Å². The Morgan fingerprint density at radius 2 is 2.06 bits per heavy atom. The molecule has 0 saturated heterocycles. The van der Waals surface area contributed by atoms with Gasteiger partial charge in [0.25, 0.3) is 0 Å². The number of anilines is 2. The predicted octanol–water partition coefficient (Wildman–Crippen LogP) is 2.26. The lowest BCUT2D eigenvalue weighted by Gasteiger charge is -2.15. The maximum absolute atomic E-state index is 12.8. The molecule has 0 spiro atoms. The van der Waals surface area contributed by atoms with Gasteiger partial charge in [-0.3, -0.25) is 9.32 Å². The standard InChI is InChI=1S/C20H16ClN7O3S/c1-9-13(21)5-4-6-14(9)25-18(29)10(2)32-19-12(8-23)15(11(7-22)17(24)26-19)16-20(30)31-27-28(16)3/h4-6,10H,1-3H3,(H3-,24,25,26,27,29,30)/p+1. The van der Waals surface area contributed by atoms with Gasteiger partial charge in [-0.25, -0.2) is 9.78 Å². The Labute approximate surface area is 191 Å². The molecule has 0 aliphatic heterocycles. The molecule has 1 amide bonds. The summed E-state index contributed by atoms with van der Waals surface area (Å²) in [6.07, 6.45) is 0. The second kappa shape index (κ2) is 9.14. The van der Waals surface area contributed by atoms with Crippen molar-refractivity contribution in [3.63, 3.8) is 0 Å². The van der Waals surface area contributed by atoms with Crippen LogP contribution in [-0.2, 0) is 11.8 Å². The first kappa shape index (κ1) is 22.9. The third kappa shape index (κ3) is 4.17. The molecule has 4 N–H and O–H groups in total. The number of nitrogens with zero attached hydrogens (tertiary/aromatic N) is 4. The van der Waals surface area contributed by atoms with Gasteiger partial charge < -0.3 is 11.1 Å². The number of nitriles is 2. The van der Waals surface area contributed by atoms with Gasteiger partial charge in [-0.2, -0.15) is 10.5 Å². The molecule has 1 unspecified atom stereocenters. The Balaban J connectivity index is 2.03. The van der Waals surface area contributed by atoms with Crippen molar-refractivity contribution in [2.24, 2.45) is 7.05 Å². The maximum atomic E-state index is 12.8. The second-order valence-corrected chi connectivity index (χ2v) is 8.44. The van der Waals surface area contributed by atoms with Crippen molar-refractivity contribution in [2.75, 3.05) is 11.1 Å². The number of nitrogens with two attached hydrogens (primary N) is 1. The molecule has 2 aromatic heterocycles. The van der Waals surface area contributed by atoms with E-state index in [4.69, 9.17) is 21.9 Å². The van der Waals surface area contributed by atoms with Crippen molar-refractivity contribution < 1.29 is 14.0 Å². The Bertz CT molecular complexity index is 1370. The number of benzene rings is 1. The average molecular weight is 471 g/mol. The van der Waals surface area contributed by atoms with Crippen LogP contribution in [-0.4, -0.2) is 21.4 Å². The number of hydrogen-bond acceptors (Lipinski definition) is 8. The fourth-order valence-corrected chi connectivity index (χ4v) is 4.02. The van der Waals surface area contributed by atoms with Crippen molar-refractivity contribution in [3.05, 3.63) is 50.3 Å². The number of pyridine rings is 1. The van der Waals surface area contributed by atoms with Gasteiger partial charge >= 0.3 is 11.3 Å². The third-order valence-electron chi connectivity index (χ3n) is 4.64. The predicted molar refractivity (Wildman–Crippen MR) is 118 cm³/mol. The van der Waals surface area contributed by atoms with E-state index in [1.54, 1.807) is 32.0 Å². The Morgan fingerprint density at radius 3 is 2.66 bits per heavy atom. The number of carbonyl (C=O) groups excluding carboxylic acids is 1. The molecule has 0 bridgehead atoms. The summed E-state index contributed by atoms with van der Waals surface area (Å²) in [7, 11) is 1.48. The number of aromatic amines is 1. The highest BCUT2D eigenvalue weighted by Gasteiger charge is 2.32. The zero-order chi connectivity index (χ0) is 23.6. The zero-order valence-corrected chi connectivity index (χ0v) is 18.8. The molecule has 32 heavy (non-hydrogen) atoms. The molecule has 162 valence electrons. The number of aromatic nitrogens is 3. The smallest absolute Gasteiger partial charge is 0.383 e. The summed E-state index contributed by atoms with van der Waals surface area (Å²) in [5.74, 6) is -0.537. The van der Waals surface area contributed by atoms with Crippen LogP contribution >= 0.6 is 23.4 Å². The van der Waals surface area contributed by atoms with Gasteiger partial charge in [-0.1, -0.05) is 34.1 Å². The number of amides is 1. The minimum absolute atomic E-state index is 0.0132. The summed E-state index contributed by atoms with van der Waals surface area (Å²) in [6, 6.07) is 9.01. The fourth-order valence-electron chi connectivity index (χ4n) is 2.93. The lowest BCUT2D eigenvalue weighted by atomic mass is 10.0. The average Bonchev–Trinajstić information content (AvgIpc) is 3.08. The van der Waals surface area contributed by atoms with Gasteiger partial charge in [0.2, 0.25) is 5.91 Å². The van der Waals surface area contributed by atoms with Gasteiger partial charge in [-0.05, 0) is 36.8 Å². The summed E-state index contributed by atoms with van der Waals surface area (Å²) in [4.78, 5) is 29.1. The van der Waals surface area contributed by atoms with Crippen LogP contribution < -0.4 is 21.4 Å². The van der Waals surface area contributed by atoms with Crippen LogP contribution in [0.1, 0.15) is 23.6 Å². The van der Waals surface area contributed by atoms with E-state index in [0.717, 1.165) is 11.8 Å². The Hall–Kier alpha value is -3.80. The van der Waals surface area contributed by atoms with E-state index in [9.17, 15) is 20.1 Å². The third-order valence-corrected chi connectivity index (χ3v) is 6.14. The molecular weight excluding hydrogens is 454 g/mol. The number of rotatable bonds is 5. The summed E-state index contributed by atoms with van der Waals surface area (Å²) in [5.41, 5.74) is 6.15. The zero-order valence-electron chi connectivity index (χ0n) is 17.2. The van der Waals surface area contributed by atoms with E-state index < -0.39 is 10.9 Å². The molecule has 2 heterocycles. The van der Waals surface area contributed by atoms with Crippen LogP contribution in [0, 0.1) is 29.6 Å². The quantitative estimate of drug-likeness (QED) is 0.377. The Morgan fingerprint density at radius 1 is 1.38 bits per heavy atom. The van der Waals surface area contributed by atoms with Crippen LogP contribution in [0.25, 0.3) is 11.3 Å². The lowest BCUT2D eigenvalue weighted by molar-refractivity contribution is -0.730. The highest BCUT2D eigenvalue weighted by molar-refractivity contribution is 8.00. The number of H-pyrrole nitrogens is 1. The van der Waals surface area contributed by atoms with E-state index >= 15 is 0 Å². The molecule has 0 fully saturated rings. The van der Waals surface area contributed by atoms with Gasteiger partial charge in [0.15, 0.2) is 7.05 Å². The maximum Gasteiger partial charge on any atom is 0.435 e. The highest BCUT2D eigenvalue weighted by atomic mass is 35.5. The Kier molecular flexibility index (Phi) is 6.53. The number of hydrogen-bond donors (Lipinski definition) is 3. The van der Waals surface area contributed by atoms with E-state index in [1.165, 1.54) is 11.7 Å². The lowest BCUT2D eigenvalue weighted by Crippen LogP contribution is -2.34. The van der Waals surface area contributed by atoms with Crippen LogP contribution in [0.15, 0.2) is 32.5 Å². The molecule has 10 nitrogen and oxygen atoms in total. The molecule has 3 aromatic rings. The monoisotopic (exact) mass is 470 g/mol. The van der Waals surface area contributed by atoms with E-state index in [0.29, 0.717) is 16.3 Å². The fraction of sp³-hybridized carbons (Fsp3) is 0.200. The topological polar surface area (TPSA) is 165 Å². The van der Waals surface area contributed by atoms with Crippen molar-refractivity contribution in [1.29, 1.82) is 10.5 Å². The summed E-state index contributed by atoms with van der Waals surface area (Å²) in [5, 5.41) is 24.4. The number of carbonyl (C=O) groups is 1. The number of aryl methyl sites for hydroxylation is 1. The number of nitrogen functional groups attached to an aromatic ring is 1. The van der Waals surface area contributed by atoms with Crippen molar-refractivity contribution in [1.82, 2.24) is 10.3 Å². The number of halogens is 1. The minimum atomic E-state index is -0.788. The number of nitrogens with one attached hydrogen (secondary N) is 2. The molecule has 0 saturated carbocycles. The molecule has 3 rings (SSSR count). The van der Waals surface area contributed by atoms with Crippen molar-refractivity contribution in [2.45, 2.75) is 24.1 Å². The number of thioether (sulfide) groups is 1. The van der Waals surface area contributed by atoms with Crippen LogP contribution in [0.4, 0.5) is 11.5 Å². The highest BCUT2D eigenvalue weighted by Crippen LogP contribution is 2.35. The largest absolute Gasteiger partial charge is 0.435 e. The van der Waals surface area contributed by atoms with E-state index in [1.807, 2.05) is 12.1 Å². The van der Waals surface area contributed by atoms with Gasteiger partial charge in [0.1, 0.15) is 34.1 Å². The summed E-state index contributed by atoms with van der Waals surface area (Å²) in [6.45, 7) is 3.41. The molecular formula is C20H17ClN7O3S+. The summed E-state index contributed by atoms with van der Waals surface area (Å²) >= 11 is 7.07. The molecule has 12 heteroatoms. The molecule has 1 atom stereocenters. The van der Waals surface area contributed by atoms with Crippen LogP contribution in [0.3, 0.4) is 0 Å². The first-order valence-electron chi connectivity index (χ1n) is 9.13. The van der Waals surface area contributed by atoms with Crippen molar-refractivity contribution in [3.8, 4) is 23.4 Å². The van der Waals surface area contributed by atoms with Crippen molar-refractivity contribution >= 4 is 40.8 Å². The normalized spacial score (nSPS) is 11.4. The summed E-state index contributed by atoms with van der Waals surface area (Å²) < 4.78 is 5.98. The van der Waals surface area contributed by atoms with Gasteiger partial charge in [0, 0.05) is 10.7 Å². The first-order valence-corrected chi connectivity index (χ1v) is 10.4. The molecule has 0 aliphatic carbocycles.